The van der Waals surface area contributed by atoms with Gasteiger partial charge in [-0.1, -0.05) is 200 Å². The maximum atomic E-state index is 5.19. The molecule has 1 aliphatic rings. The van der Waals surface area contributed by atoms with Crippen LogP contribution in [0, 0.1) is 0 Å². The summed E-state index contributed by atoms with van der Waals surface area (Å²) in [6, 6.07) is 75.3. The van der Waals surface area contributed by atoms with Crippen LogP contribution in [-0.4, -0.2) is 15.0 Å². The zero-order chi connectivity index (χ0) is 37.3. The predicted octanol–water partition coefficient (Wildman–Crippen LogP) is 13.1. The van der Waals surface area contributed by atoms with E-state index in [-0.39, 0.29) is 0 Å². The molecule has 0 N–H and O–H groups in total. The van der Waals surface area contributed by atoms with Gasteiger partial charge in [-0.25, -0.2) is 15.0 Å². The number of fused-ring (bicyclic) bond motifs is 2. The van der Waals surface area contributed by atoms with Crippen LogP contribution in [0.3, 0.4) is 0 Å². The summed E-state index contributed by atoms with van der Waals surface area (Å²) in [7, 11) is 0. The Morgan fingerprint density at radius 2 is 0.786 bits per heavy atom. The van der Waals surface area contributed by atoms with Crippen LogP contribution < -0.4 is 0 Å². The first-order valence-electron chi connectivity index (χ1n) is 18.9. The Balaban J connectivity index is 1.14. The van der Waals surface area contributed by atoms with Gasteiger partial charge in [-0.3, -0.25) is 0 Å². The molecule has 0 radical (unpaired) electrons. The molecule has 0 spiro atoms. The van der Waals surface area contributed by atoms with E-state index in [0.29, 0.717) is 17.5 Å². The van der Waals surface area contributed by atoms with Crippen molar-refractivity contribution in [1.29, 1.82) is 0 Å². The quantitative estimate of drug-likeness (QED) is 0.163. The maximum absolute atomic E-state index is 5.19. The van der Waals surface area contributed by atoms with Crippen molar-refractivity contribution in [2.75, 3.05) is 0 Å². The molecule has 0 atom stereocenters. The van der Waals surface area contributed by atoms with Gasteiger partial charge in [-0.05, 0) is 68.8 Å². The Morgan fingerprint density at radius 3 is 1.48 bits per heavy atom. The number of benzene rings is 8. The van der Waals surface area contributed by atoms with Gasteiger partial charge in [-0.2, -0.15) is 0 Å². The molecule has 1 aliphatic heterocycles. The van der Waals surface area contributed by atoms with Gasteiger partial charge < -0.3 is 0 Å². The third-order valence-corrected chi connectivity index (χ3v) is 11.8. The third kappa shape index (κ3) is 5.92. The second-order valence-electron chi connectivity index (χ2n) is 14.0. The van der Waals surface area contributed by atoms with Crippen molar-refractivity contribution in [3.8, 4) is 56.4 Å². The highest BCUT2D eigenvalue weighted by Crippen LogP contribution is 2.56. The van der Waals surface area contributed by atoms with E-state index in [1.54, 1.807) is 0 Å². The predicted molar refractivity (Wildman–Crippen MR) is 229 cm³/mol. The van der Waals surface area contributed by atoms with Crippen molar-refractivity contribution < 1.29 is 0 Å². The zero-order valence-corrected chi connectivity index (χ0v) is 31.3. The van der Waals surface area contributed by atoms with E-state index in [0.717, 1.165) is 38.9 Å². The molecule has 10 rings (SSSR count). The minimum Gasteiger partial charge on any atom is -0.208 e. The van der Waals surface area contributed by atoms with E-state index in [4.69, 9.17) is 15.0 Å². The van der Waals surface area contributed by atoms with Crippen LogP contribution in [0.25, 0.3) is 56.4 Å². The van der Waals surface area contributed by atoms with E-state index < -0.39 is 5.41 Å². The van der Waals surface area contributed by atoms with Crippen LogP contribution in [0.15, 0.2) is 222 Å². The molecule has 0 amide bonds. The fourth-order valence-electron chi connectivity index (χ4n) is 8.11. The summed E-state index contributed by atoms with van der Waals surface area (Å²) in [4.78, 5) is 17.9. The average Bonchev–Trinajstić information content (AvgIpc) is 3.29. The fourth-order valence-corrected chi connectivity index (χ4v) is 9.29. The van der Waals surface area contributed by atoms with Gasteiger partial charge in [0.1, 0.15) is 0 Å². The highest BCUT2D eigenvalue weighted by Gasteiger charge is 2.44. The minimum absolute atomic E-state index is 0.507. The Kier molecular flexibility index (Phi) is 8.66. The second-order valence-corrected chi connectivity index (χ2v) is 15.0. The molecule has 0 saturated heterocycles. The molecule has 2 heterocycles. The van der Waals surface area contributed by atoms with Crippen molar-refractivity contribution in [1.82, 2.24) is 15.0 Å². The van der Waals surface area contributed by atoms with Gasteiger partial charge in [0.05, 0.1) is 5.41 Å². The molecule has 0 aliphatic carbocycles. The van der Waals surface area contributed by atoms with Crippen molar-refractivity contribution in [2.24, 2.45) is 0 Å². The Morgan fingerprint density at radius 1 is 0.304 bits per heavy atom. The summed E-state index contributed by atoms with van der Waals surface area (Å²) in [5, 5.41) is 0. The summed E-state index contributed by atoms with van der Waals surface area (Å²) in [5.74, 6) is 1.90. The highest BCUT2D eigenvalue weighted by atomic mass is 32.2. The van der Waals surface area contributed by atoms with E-state index in [9.17, 15) is 0 Å². The lowest BCUT2D eigenvalue weighted by atomic mass is 9.64. The van der Waals surface area contributed by atoms with Crippen LogP contribution in [0.4, 0.5) is 0 Å². The number of rotatable bonds is 7. The molecule has 0 fully saturated rings. The first kappa shape index (κ1) is 33.7. The van der Waals surface area contributed by atoms with Crippen LogP contribution in [0.1, 0.15) is 22.3 Å². The standard InChI is InChI=1S/C52H35N3S/c1-5-18-36(19-6-1)43-28-13-14-29-44(43)51-54-49(37-20-7-2-8-21-37)53-50(55-51)40-23-17-22-38(34-40)39-32-33-48-46(35-39)52(41-24-9-3-10-25-41,42-26-11-4-12-27-42)45-30-15-16-31-47(45)56-48/h1-35H. The topological polar surface area (TPSA) is 38.7 Å². The summed E-state index contributed by atoms with van der Waals surface area (Å²) < 4.78 is 0. The first-order valence-corrected chi connectivity index (χ1v) is 19.7. The van der Waals surface area contributed by atoms with Gasteiger partial charge >= 0.3 is 0 Å². The average molecular weight is 734 g/mol. The van der Waals surface area contributed by atoms with Crippen LogP contribution in [0.2, 0.25) is 0 Å². The molecule has 0 saturated carbocycles. The molecule has 264 valence electrons. The minimum atomic E-state index is -0.507. The SMILES string of the molecule is c1ccc(-c2nc(-c3cccc(-c4ccc5c(c4)C(c4ccccc4)(c4ccccc4)c4ccccc4S5)c3)nc(-c3ccccc3-c3ccccc3)n2)cc1. The molecule has 0 bridgehead atoms. The molecular formula is C52H35N3S. The van der Waals surface area contributed by atoms with E-state index in [1.165, 1.54) is 32.0 Å². The molecule has 8 aromatic carbocycles. The van der Waals surface area contributed by atoms with E-state index in [1.807, 2.05) is 42.1 Å². The summed E-state index contributed by atoms with van der Waals surface area (Å²) in [6.45, 7) is 0. The molecular weight excluding hydrogens is 699 g/mol. The van der Waals surface area contributed by atoms with Crippen LogP contribution in [0.5, 0.6) is 0 Å². The lowest BCUT2D eigenvalue weighted by Gasteiger charge is -2.42. The third-order valence-electron chi connectivity index (χ3n) is 10.7. The molecule has 3 nitrogen and oxygen atoms in total. The molecule has 9 aromatic rings. The number of hydrogen-bond donors (Lipinski definition) is 0. The van der Waals surface area contributed by atoms with E-state index >= 15 is 0 Å². The summed E-state index contributed by atoms with van der Waals surface area (Å²) >= 11 is 1.85. The fraction of sp³-hybridized carbons (Fsp3) is 0.0192. The number of hydrogen-bond acceptors (Lipinski definition) is 4. The van der Waals surface area contributed by atoms with Gasteiger partial charge in [0, 0.05) is 26.5 Å². The summed E-state index contributed by atoms with van der Waals surface area (Å²) in [5.41, 5.74) is 11.8. The molecule has 4 heteroatoms. The second kappa shape index (κ2) is 14.4. The van der Waals surface area contributed by atoms with Crippen molar-refractivity contribution in [3.05, 3.63) is 235 Å². The van der Waals surface area contributed by atoms with Crippen molar-refractivity contribution in [2.45, 2.75) is 15.2 Å². The van der Waals surface area contributed by atoms with Gasteiger partial charge in [0.2, 0.25) is 0 Å². The largest absolute Gasteiger partial charge is 0.208 e. The Hall–Kier alpha value is -6.88. The van der Waals surface area contributed by atoms with Gasteiger partial charge in [0.15, 0.2) is 17.5 Å². The maximum Gasteiger partial charge on any atom is 0.164 e. The van der Waals surface area contributed by atoms with Gasteiger partial charge in [-0.15, -0.1) is 0 Å². The van der Waals surface area contributed by atoms with Crippen LogP contribution >= 0.6 is 11.8 Å². The smallest absolute Gasteiger partial charge is 0.164 e. The Labute approximate surface area is 331 Å². The lowest BCUT2D eigenvalue weighted by molar-refractivity contribution is 0.703. The van der Waals surface area contributed by atoms with Crippen molar-refractivity contribution >= 4 is 11.8 Å². The zero-order valence-electron chi connectivity index (χ0n) is 30.5. The van der Waals surface area contributed by atoms with E-state index in [2.05, 4.69) is 182 Å². The lowest BCUT2D eigenvalue weighted by Crippen LogP contribution is -2.34. The molecule has 56 heavy (non-hydrogen) atoms. The molecule has 0 unspecified atom stereocenters. The molecule has 1 aromatic heterocycles. The highest BCUT2D eigenvalue weighted by molar-refractivity contribution is 7.99. The summed E-state index contributed by atoms with van der Waals surface area (Å²) in [6.07, 6.45) is 0. The monoisotopic (exact) mass is 733 g/mol. The Bertz CT molecular complexity index is 2780. The number of nitrogens with zero attached hydrogens (tertiary/aromatic N) is 3. The van der Waals surface area contributed by atoms with Gasteiger partial charge in [0.25, 0.3) is 0 Å². The first-order chi connectivity index (χ1) is 27.8. The number of aromatic nitrogens is 3. The van der Waals surface area contributed by atoms with Crippen LogP contribution in [-0.2, 0) is 5.41 Å². The normalized spacial score (nSPS) is 12.7. The van der Waals surface area contributed by atoms with Crippen molar-refractivity contribution in [3.63, 3.8) is 0 Å².